The fourth-order valence-corrected chi connectivity index (χ4v) is 2.91. The van der Waals surface area contributed by atoms with Crippen molar-refractivity contribution < 1.29 is 17.1 Å². The van der Waals surface area contributed by atoms with Gasteiger partial charge in [-0.05, 0) is 0 Å². The normalized spacial score (nSPS) is 9.76. The van der Waals surface area contributed by atoms with Gasteiger partial charge in [-0.25, -0.2) is 12.1 Å². The van der Waals surface area contributed by atoms with E-state index in [0.29, 0.717) is 0 Å². The van der Waals surface area contributed by atoms with E-state index >= 15 is 0 Å². The van der Waals surface area contributed by atoms with Crippen molar-refractivity contribution >= 4 is 0 Å². The predicted molar refractivity (Wildman–Crippen MR) is 91.0 cm³/mol. The van der Waals surface area contributed by atoms with E-state index in [1.165, 1.54) is 43.2 Å². The molecule has 0 saturated heterocycles. The van der Waals surface area contributed by atoms with E-state index in [-0.39, 0.29) is 17.1 Å². The van der Waals surface area contributed by atoms with Crippen molar-refractivity contribution in [3.8, 4) is 0 Å². The van der Waals surface area contributed by atoms with Gasteiger partial charge in [0.15, 0.2) is 0 Å². The van der Waals surface area contributed by atoms with Crippen LogP contribution < -0.4 is 0 Å². The number of hydrogen-bond acceptors (Lipinski definition) is 0. The van der Waals surface area contributed by atoms with Crippen molar-refractivity contribution in [2.24, 2.45) is 0 Å². The Balaban J connectivity index is 0.000000370. The van der Waals surface area contributed by atoms with Gasteiger partial charge >= 0.3 is 17.1 Å². The standard InChI is InChI=1S/C11H17.C9H13.Fe/c1-4-9-7-8-10(5-2)11(9)6-3;1-3-8-6-5-7-9(8)4-2;/h7-8H,4-6H2,1-3H3;5-7H,3-4H2,1-2H3;/q2*-1;+2. The summed E-state index contributed by atoms with van der Waals surface area (Å²) >= 11 is 0. The van der Waals surface area contributed by atoms with Gasteiger partial charge in [-0.2, -0.15) is 46.0 Å². The van der Waals surface area contributed by atoms with Crippen LogP contribution in [-0.2, 0) is 49.2 Å². The van der Waals surface area contributed by atoms with Crippen molar-refractivity contribution in [2.45, 2.75) is 66.7 Å². The Morgan fingerprint density at radius 2 is 1.52 bits per heavy atom. The fourth-order valence-electron chi connectivity index (χ4n) is 2.91. The molecule has 0 bridgehead atoms. The molecule has 2 aromatic carbocycles. The second-order valence-electron chi connectivity index (χ2n) is 5.21. The third-order valence-electron chi connectivity index (χ3n) is 4.15. The Kier molecular flexibility index (Phi) is 10.5. The molecule has 0 N–H and O–H groups in total. The molecular weight excluding hydrogens is 296 g/mol. The zero-order valence-electron chi connectivity index (χ0n) is 14.3. The molecular formula is C20H30Fe. The molecule has 1 heteroatoms. The monoisotopic (exact) mass is 326 g/mol. The quantitative estimate of drug-likeness (QED) is 0.494. The van der Waals surface area contributed by atoms with Gasteiger partial charge in [0.1, 0.15) is 0 Å². The molecule has 0 nitrogen and oxygen atoms in total. The minimum Gasteiger partial charge on any atom is -0.210 e. The van der Waals surface area contributed by atoms with Crippen molar-refractivity contribution in [1.29, 1.82) is 0 Å². The topological polar surface area (TPSA) is 0 Å². The molecule has 0 heterocycles. The molecule has 0 aliphatic heterocycles. The van der Waals surface area contributed by atoms with Crippen LogP contribution >= 0.6 is 0 Å². The zero-order chi connectivity index (χ0) is 15.0. The summed E-state index contributed by atoms with van der Waals surface area (Å²) in [5, 5.41) is 0. The van der Waals surface area contributed by atoms with Crippen molar-refractivity contribution in [2.75, 3.05) is 0 Å². The molecule has 2 rings (SSSR count). The SMILES string of the molecule is CCc1cc[c-](CC)c1CC.CCc1cc[cH-]c1CC.[Fe+2]. The summed E-state index contributed by atoms with van der Waals surface area (Å²) in [6.07, 6.45) is 5.91. The average molecular weight is 326 g/mol. The van der Waals surface area contributed by atoms with E-state index in [1.54, 1.807) is 16.7 Å². The molecule has 0 spiro atoms. The van der Waals surface area contributed by atoms with Gasteiger partial charge in [0.05, 0.1) is 0 Å². The van der Waals surface area contributed by atoms with Crippen LogP contribution in [0.4, 0.5) is 0 Å². The number of hydrogen-bond donors (Lipinski definition) is 0. The third kappa shape index (κ3) is 5.49. The van der Waals surface area contributed by atoms with Gasteiger partial charge in [0.25, 0.3) is 0 Å². The van der Waals surface area contributed by atoms with E-state index in [2.05, 4.69) is 65.0 Å². The average Bonchev–Trinajstić information content (AvgIpc) is 3.12. The first-order chi connectivity index (χ1) is 9.71. The Morgan fingerprint density at radius 3 is 1.95 bits per heavy atom. The Bertz CT molecular complexity index is 448. The van der Waals surface area contributed by atoms with Gasteiger partial charge in [-0.3, -0.25) is 0 Å². The van der Waals surface area contributed by atoms with Crippen LogP contribution in [0.5, 0.6) is 0 Å². The fraction of sp³-hybridized carbons (Fsp3) is 0.500. The van der Waals surface area contributed by atoms with Gasteiger partial charge < -0.3 is 0 Å². The molecule has 0 unspecified atom stereocenters. The molecule has 0 aliphatic rings. The van der Waals surface area contributed by atoms with E-state index in [9.17, 15) is 0 Å². The second-order valence-corrected chi connectivity index (χ2v) is 5.21. The van der Waals surface area contributed by atoms with Crippen LogP contribution in [0, 0.1) is 0 Å². The Labute approximate surface area is 142 Å². The molecule has 0 amide bonds. The van der Waals surface area contributed by atoms with E-state index in [4.69, 9.17) is 0 Å². The molecule has 0 fully saturated rings. The van der Waals surface area contributed by atoms with Gasteiger partial charge in [0.2, 0.25) is 0 Å². The summed E-state index contributed by atoms with van der Waals surface area (Å²) in [5.41, 5.74) is 7.71. The summed E-state index contributed by atoms with van der Waals surface area (Å²) in [4.78, 5) is 0. The molecule has 0 aliphatic carbocycles. The Hall–Kier alpha value is -0.781. The summed E-state index contributed by atoms with van der Waals surface area (Å²) in [6.45, 7) is 11.1. The van der Waals surface area contributed by atoms with Crippen molar-refractivity contribution in [3.63, 3.8) is 0 Å². The first-order valence-electron chi connectivity index (χ1n) is 8.21. The summed E-state index contributed by atoms with van der Waals surface area (Å²) < 4.78 is 0. The summed E-state index contributed by atoms with van der Waals surface area (Å²) in [5.74, 6) is 0. The van der Waals surface area contributed by atoms with E-state index in [1.807, 2.05) is 0 Å². The maximum atomic E-state index is 2.28. The molecule has 0 atom stereocenters. The molecule has 0 aromatic heterocycles. The third-order valence-corrected chi connectivity index (χ3v) is 4.15. The van der Waals surface area contributed by atoms with E-state index < -0.39 is 0 Å². The van der Waals surface area contributed by atoms with E-state index in [0.717, 1.165) is 0 Å². The predicted octanol–water partition coefficient (Wildman–Crippen LogP) is 5.62. The van der Waals surface area contributed by atoms with Gasteiger partial charge in [-0.15, -0.1) is 0 Å². The minimum absolute atomic E-state index is 0. The maximum absolute atomic E-state index is 2.28. The van der Waals surface area contributed by atoms with Crippen LogP contribution in [-0.4, -0.2) is 0 Å². The first kappa shape index (κ1) is 20.2. The first-order valence-corrected chi connectivity index (χ1v) is 8.21. The molecule has 0 saturated carbocycles. The number of aryl methyl sites for hydroxylation is 4. The van der Waals surface area contributed by atoms with Crippen molar-refractivity contribution in [1.82, 2.24) is 0 Å². The van der Waals surface area contributed by atoms with Gasteiger partial charge in [0, 0.05) is 0 Å². The summed E-state index contributed by atoms with van der Waals surface area (Å²) in [6, 6.07) is 11.1. The number of rotatable bonds is 5. The molecule has 21 heavy (non-hydrogen) atoms. The zero-order valence-corrected chi connectivity index (χ0v) is 15.4. The van der Waals surface area contributed by atoms with Crippen LogP contribution in [0.3, 0.4) is 0 Å². The van der Waals surface area contributed by atoms with Crippen LogP contribution in [0.2, 0.25) is 0 Å². The maximum Gasteiger partial charge on any atom is 2.00 e. The van der Waals surface area contributed by atoms with Crippen molar-refractivity contribution in [3.05, 3.63) is 58.1 Å². The second kappa shape index (κ2) is 10.9. The van der Waals surface area contributed by atoms with Crippen LogP contribution in [0.15, 0.2) is 30.3 Å². The largest absolute Gasteiger partial charge is 2.00 e. The van der Waals surface area contributed by atoms with Crippen LogP contribution in [0.25, 0.3) is 0 Å². The summed E-state index contributed by atoms with van der Waals surface area (Å²) in [7, 11) is 0. The minimum atomic E-state index is 0. The molecule has 0 radical (unpaired) electrons. The van der Waals surface area contributed by atoms with Crippen LogP contribution in [0.1, 0.15) is 62.4 Å². The molecule has 2 aromatic rings. The Morgan fingerprint density at radius 1 is 0.857 bits per heavy atom. The smallest absolute Gasteiger partial charge is 0.210 e. The molecule has 118 valence electrons. The van der Waals surface area contributed by atoms with Gasteiger partial charge in [-0.1, -0.05) is 66.7 Å².